The van der Waals surface area contributed by atoms with Gasteiger partial charge in [-0.2, -0.15) is 13.7 Å². The molecule has 1 fully saturated rings. The molecular weight excluding hydrogens is 430 g/mol. The number of carbonyl (C=O) groups excluding carboxylic acids is 1. The van der Waals surface area contributed by atoms with Crippen LogP contribution in [0.3, 0.4) is 0 Å². The normalized spacial score (nSPS) is 16.8. The van der Waals surface area contributed by atoms with Crippen LogP contribution in [-0.2, 0) is 28.5 Å². The number of fused-ring (bicyclic) bond motifs is 1. The predicted octanol–water partition coefficient (Wildman–Crippen LogP) is 3.89. The molecule has 1 aromatic carbocycles. The van der Waals surface area contributed by atoms with E-state index in [1.807, 2.05) is 10.8 Å². The van der Waals surface area contributed by atoms with Gasteiger partial charge in [-0.3, -0.25) is 0 Å². The highest BCUT2D eigenvalue weighted by atomic mass is 32.2. The van der Waals surface area contributed by atoms with Gasteiger partial charge < -0.3 is 14.8 Å². The number of furan rings is 1. The van der Waals surface area contributed by atoms with Crippen LogP contribution in [0.15, 0.2) is 27.9 Å². The molecule has 4 rings (SSSR count). The maximum atomic E-state index is 12.8. The zero-order valence-electron chi connectivity index (χ0n) is 18.4. The molecule has 3 N–H and O–H groups in total. The fourth-order valence-corrected chi connectivity index (χ4v) is 5.20. The van der Waals surface area contributed by atoms with Gasteiger partial charge in [0.2, 0.25) is 5.09 Å². The van der Waals surface area contributed by atoms with E-state index in [2.05, 4.69) is 18.3 Å². The fraction of sp³-hybridized carbons (Fsp3) is 0.478. The highest BCUT2D eigenvalue weighted by Crippen LogP contribution is 2.47. The van der Waals surface area contributed by atoms with E-state index < -0.39 is 26.7 Å². The lowest BCUT2D eigenvalue weighted by Crippen LogP contribution is -2.35. The first kappa shape index (κ1) is 22.4. The Morgan fingerprint density at radius 3 is 2.56 bits per heavy atom. The fourth-order valence-electron chi connectivity index (χ4n) is 4.35. The Bertz CT molecular complexity index is 1210. The molecule has 0 radical (unpaired) electrons. The molecule has 170 valence electrons. The van der Waals surface area contributed by atoms with Crippen molar-refractivity contribution in [1.29, 1.82) is 5.26 Å². The van der Waals surface area contributed by atoms with Crippen LogP contribution in [-0.4, -0.2) is 19.6 Å². The predicted molar refractivity (Wildman–Crippen MR) is 118 cm³/mol. The van der Waals surface area contributed by atoms with Gasteiger partial charge in [0, 0.05) is 17.3 Å². The van der Waals surface area contributed by atoms with Crippen LogP contribution in [0, 0.1) is 17.2 Å². The summed E-state index contributed by atoms with van der Waals surface area (Å²) in [6.45, 7) is 5.08. The number of hydrogen-bond acceptors (Lipinski definition) is 6. The molecule has 8 nitrogen and oxygen atoms in total. The van der Waals surface area contributed by atoms with Gasteiger partial charge in [-0.1, -0.05) is 6.92 Å². The van der Waals surface area contributed by atoms with E-state index in [4.69, 9.17) is 4.42 Å². The second kappa shape index (κ2) is 7.94. The second-order valence-corrected chi connectivity index (χ2v) is 10.8. The van der Waals surface area contributed by atoms with Crippen LogP contribution >= 0.6 is 0 Å². The molecule has 1 aromatic heterocycles. The van der Waals surface area contributed by atoms with Gasteiger partial charge in [-0.05, 0) is 80.5 Å². The smallest absolute Gasteiger partial charge is 0.333 e. The van der Waals surface area contributed by atoms with Crippen molar-refractivity contribution in [2.75, 3.05) is 5.32 Å². The molecule has 2 aliphatic carbocycles. The zero-order valence-corrected chi connectivity index (χ0v) is 19.2. The van der Waals surface area contributed by atoms with Gasteiger partial charge >= 0.3 is 6.03 Å². The molecule has 2 aromatic rings. The highest BCUT2D eigenvalue weighted by molar-refractivity contribution is 7.89. The van der Waals surface area contributed by atoms with E-state index >= 15 is 0 Å². The van der Waals surface area contributed by atoms with Gasteiger partial charge in [0.05, 0.1) is 23.5 Å². The van der Waals surface area contributed by atoms with Crippen molar-refractivity contribution in [1.82, 2.24) is 4.72 Å². The zero-order chi connectivity index (χ0) is 23.3. The molecule has 0 saturated heterocycles. The SMILES string of the molecule is C[C@@H](c1cc(C#N)c2c(c1NC(=O)NS(=O)(=O)c1cc(C(C)(C)O)co1)CCC2)C1CC1. The lowest BCUT2D eigenvalue weighted by atomic mass is 9.88. The van der Waals surface area contributed by atoms with E-state index in [1.165, 1.54) is 19.9 Å². The van der Waals surface area contributed by atoms with Crippen LogP contribution in [0.2, 0.25) is 0 Å². The third-order valence-electron chi connectivity index (χ3n) is 6.39. The first-order valence-corrected chi connectivity index (χ1v) is 12.2. The Labute approximate surface area is 187 Å². The van der Waals surface area contributed by atoms with Crippen molar-refractivity contribution < 1.29 is 22.7 Å². The van der Waals surface area contributed by atoms with Gasteiger partial charge in [-0.15, -0.1) is 0 Å². The molecule has 2 amide bonds. The van der Waals surface area contributed by atoms with Crippen molar-refractivity contribution in [2.45, 2.75) is 69.5 Å². The van der Waals surface area contributed by atoms with Crippen LogP contribution in [0.5, 0.6) is 0 Å². The Balaban J connectivity index is 1.62. The number of sulfonamides is 1. The first-order chi connectivity index (χ1) is 15.0. The summed E-state index contributed by atoms with van der Waals surface area (Å²) in [4.78, 5) is 12.8. The average Bonchev–Trinajstić information content (AvgIpc) is 3.21. The highest BCUT2D eigenvalue weighted by Gasteiger charge is 2.34. The van der Waals surface area contributed by atoms with Gasteiger partial charge in [-0.25, -0.2) is 9.52 Å². The van der Waals surface area contributed by atoms with Crippen molar-refractivity contribution in [3.63, 3.8) is 0 Å². The quantitative estimate of drug-likeness (QED) is 0.603. The van der Waals surface area contributed by atoms with Crippen molar-refractivity contribution in [3.8, 4) is 6.07 Å². The minimum absolute atomic E-state index is 0.152. The van der Waals surface area contributed by atoms with E-state index in [-0.39, 0.29) is 11.5 Å². The van der Waals surface area contributed by atoms with E-state index in [1.54, 1.807) is 0 Å². The first-order valence-electron chi connectivity index (χ1n) is 10.7. The summed E-state index contributed by atoms with van der Waals surface area (Å²) in [5.74, 6) is 0.649. The molecule has 0 aliphatic heterocycles. The number of hydrogen-bond donors (Lipinski definition) is 3. The maximum Gasteiger partial charge on any atom is 0.333 e. The molecule has 9 heteroatoms. The number of nitrogens with one attached hydrogen (secondary N) is 2. The van der Waals surface area contributed by atoms with E-state index in [0.717, 1.165) is 55.1 Å². The lowest BCUT2D eigenvalue weighted by Gasteiger charge is -2.21. The van der Waals surface area contributed by atoms with Crippen LogP contribution < -0.4 is 10.0 Å². The number of urea groups is 1. The number of nitrogens with zero attached hydrogens (tertiary/aromatic N) is 1. The van der Waals surface area contributed by atoms with Crippen LogP contribution in [0.4, 0.5) is 10.5 Å². The number of carbonyl (C=O) groups is 1. The molecule has 2 aliphatic rings. The van der Waals surface area contributed by atoms with Gasteiger partial charge in [0.15, 0.2) is 0 Å². The molecule has 0 spiro atoms. The Kier molecular flexibility index (Phi) is 5.55. The molecule has 1 heterocycles. The summed E-state index contributed by atoms with van der Waals surface area (Å²) in [5, 5.41) is 21.9. The molecule has 0 unspecified atom stereocenters. The van der Waals surface area contributed by atoms with Gasteiger partial charge in [0.25, 0.3) is 10.0 Å². The number of aliphatic hydroxyl groups is 1. The molecule has 32 heavy (non-hydrogen) atoms. The number of amides is 2. The standard InChI is InChI=1S/C23H27N3O5S/c1-13(14-7-8-14)19-9-15(11-24)17-5-4-6-18(17)21(19)25-22(27)26-32(29,30)20-10-16(12-31-20)23(2,3)28/h9-10,12-14,28H,4-8H2,1-3H3,(H2,25,26,27)/t13-/m1/s1. The number of rotatable bonds is 6. The Morgan fingerprint density at radius 1 is 1.28 bits per heavy atom. The van der Waals surface area contributed by atoms with E-state index in [0.29, 0.717) is 17.2 Å². The largest absolute Gasteiger partial charge is 0.451 e. The van der Waals surface area contributed by atoms with Gasteiger partial charge in [0.1, 0.15) is 0 Å². The minimum Gasteiger partial charge on any atom is -0.451 e. The van der Waals surface area contributed by atoms with Crippen LogP contribution in [0.25, 0.3) is 0 Å². The molecule has 1 saturated carbocycles. The molecule has 0 bridgehead atoms. The summed E-state index contributed by atoms with van der Waals surface area (Å²) in [6, 6.07) is 4.42. The second-order valence-electron chi connectivity index (χ2n) is 9.21. The number of nitriles is 1. The Morgan fingerprint density at radius 2 is 1.97 bits per heavy atom. The number of anilines is 1. The summed E-state index contributed by atoms with van der Waals surface area (Å²) in [6.07, 6.45) is 5.72. The topological polar surface area (TPSA) is 132 Å². The minimum atomic E-state index is -4.28. The third-order valence-corrected chi connectivity index (χ3v) is 7.58. The summed E-state index contributed by atoms with van der Waals surface area (Å²) in [5.41, 5.74) is 2.97. The average molecular weight is 458 g/mol. The summed E-state index contributed by atoms with van der Waals surface area (Å²) in [7, 11) is -4.28. The lowest BCUT2D eigenvalue weighted by molar-refractivity contribution is 0.0779. The monoisotopic (exact) mass is 457 g/mol. The Hall–Kier alpha value is -2.83. The molecular formula is C23H27N3O5S. The third kappa shape index (κ3) is 4.25. The van der Waals surface area contributed by atoms with Crippen molar-refractivity contribution in [3.05, 3.63) is 46.2 Å². The number of benzene rings is 1. The summed E-state index contributed by atoms with van der Waals surface area (Å²) >= 11 is 0. The van der Waals surface area contributed by atoms with Crippen molar-refractivity contribution in [2.24, 2.45) is 5.92 Å². The maximum absolute atomic E-state index is 12.8. The molecule has 1 atom stereocenters. The van der Waals surface area contributed by atoms with E-state index in [9.17, 15) is 23.6 Å². The van der Waals surface area contributed by atoms with Crippen LogP contribution in [0.1, 0.15) is 73.8 Å². The van der Waals surface area contributed by atoms with Crippen molar-refractivity contribution >= 4 is 21.7 Å². The summed E-state index contributed by atoms with van der Waals surface area (Å²) < 4.78 is 32.4.